The minimum absolute atomic E-state index is 0.173. The van der Waals surface area contributed by atoms with Crippen molar-refractivity contribution >= 4 is 17.5 Å². The zero-order valence-electron chi connectivity index (χ0n) is 10.3. The molecule has 1 heterocycles. The molecule has 0 aliphatic heterocycles. The molecule has 3 nitrogen and oxygen atoms in total. The second-order valence-electron chi connectivity index (χ2n) is 4.26. The molecule has 20 heavy (non-hydrogen) atoms. The van der Waals surface area contributed by atoms with E-state index in [9.17, 15) is 4.39 Å². The predicted octanol–water partition coefficient (Wildman–Crippen LogP) is 4.38. The number of benzene rings is 2. The molecule has 0 atom stereocenters. The van der Waals surface area contributed by atoms with Gasteiger partial charge in [0.15, 0.2) is 0 Å². The van der Waals surface area contributed by atoms with Crippen LogP contribution in [0.25, 0.3) is 22.4 Å². The standard InChI is InChI=1S/C15H10ClFN2O/c16-12-4-2-1-3-11(12)14-13(15(18)20-19-14)9-5-7-10(17)8-6-9/h1-8H,18H2. The number of nitrogens with two attached hydrogens (primary N) is 1. The van der Waals surface area contributed by atoms with Gasteiger partial charge < -0.3 is 10.3 Å². The predicted molar refractivity (Wildman–Crippen MR) is 76.8 cm³/mol. The second kappa shape index (κ2) is 4.98. The van der Waals surface area contributed by atoms with E-state index in [4.69, 9.17) is 21.9 Å². The second-order valence-corrected chi connectivity index (χ2v) is 4.66. The quantitative estimate of drug-likeness (QED) is 0.761. The third-order valence-electron chi connectivity index (χ3n) is 2.98. The fraction of sp³-hybridized carbons (Fsp3) is 0. The average Bonchev–Trinajstić information content (AvgIpc) is 2.82. The average molecular weight is 289 g/mol. The summed E-state index contributed by atoms with van der Waals surface area (Å²) in [6, 6.07) is 13.2. The van der Waals surface area contributed by atoms with E-state index in [1.165, 1.54) is 12.1 Å². The van der Waals surface area contributed by atoms with Gasteiger partial charge in [-0.3, -0.25) is 0 Å². The maximum atomic E-state index is 13.0. The third-order valence-corrected chi connectivity index (χ3v) is 3.31. The number of halogens is 2. The summed E-state index contributed by atoms with van der Waals surface area (Å²) in [5.41, 5.74) is 8.42. The van der Waals surface area contributed by atoms with E-state index in [-0.39, 0.29) is 11.7 Å². The van der Waals surface area contributed by atoms with Gasteiger partial charge in [0.05, 0.1) is 10.6 Å². The molecule has 0 radical (unpaired) electrons. The Morgan fingerprint density at radius 1 is 1.05 bits per heavy atom. The van der Waals surface area contributed by atoms with Crippen molar-refractivity contribution in [1.82, 2.24) is 5.16 Å². The number of hydrogen-bond donors (Lipinski definition) is 1. The highest BCUT2D eigenvalue weighted by atomic mass is 35.5. The number of aromatic nitrogens is 1. The van der Waals surface area contributed by atoms with Gasteiger partial charge in [0, 0.05) is 5.56 Å². The van der Waals surface area contributed by atoms with E-state index in [2.05, 4.69) is 5.16 Å². The normalized spacial score (nSPS) is 10.7. The van der Waals surface area contributed by atoms with Crippen molar-refractivity contribution in [3.05, 3.63) is 59.4 Å². The molecule has 0 unspecified atom stereocenters. The van der Waals surface area contributed by atoms with Crippen molar-refractivity contribution in [3.63, 3.8) is 0 Å². The van der Waals surface area contributed by atoms with Gasteiger partial charge in [0.1, 0.15) is 11.5 Å². The van der Waals surface area contributed by atoms with Crippen molar-refractivity contribution in [2.24, 2.45) is 0 Å². The molecule has 2 aromatic carbocycles. The minimum Gasteiger partial charge on any atom is -0.367 e. The fourth-order valence-electron chi connectivity index (χ4n) is 2.04. The summed E-state index contributed by atoms with van der Waals surface area (Å²) in [5.74, 6) is -0.144. The Labute approximate surface area is 119 Å². The van der Waals surface area contributed by atoms with E-state index < -0.39 is 0 Å². The molecule has 3 aromatic rings. The van der Waals surface area contributed by atoms with Gasteiger partial charge in [-0.05, 0) is 23.8 Å². The zero-order valence-corrected chi connectivity index (χ0v) is 11.1. The van der Waals surface area contributed by atoms with Crippen molar-refractivity contribution in [2.75, 3.05) is 5.73 Å². The number of hydrogen-bond acceptors (Lipinski definition) is 3. The van der Waals surface area contributed by atoms with Crippen LogP contribution in [0.1, 0.15) is 0 Å². The van der Waals surface area contributed by atoms with Crippen LogP contribution in [0.2, 0.25) is 5.02 Å². The molecule has 100 valence electrons. The molecule has 0 aliphatic rings. The molecular weight excluding hydrogens is 279 g/mol. The highest BCUT2D eigenvalue weighted by Crippen LogP contribution is 2.38. The lowest BCUT2D eigenvalue weighted by molar-refractivity contribution is 0.439. The zero-order chi connectivity index (χ0) is 14.1. The largest absolute Gasteiger partial charge is 0.367 e. The summed E-state index contributed by atoms with van der Waals surface area (Å²) in [6.07, 6.45) is 0. The Kier molecular flexibility index (Phi) is 3.16. The summed E-state index contributed by atoms with van der Waals surface area (Å²) in [6.45, 7) is 0. The number of rotatable bonds is 2. The Bertz CT molecular complexity index is 753. The summed E-state index contributed by atoms with van der Waals surface area (Å²) in [5, 5.41) is 4.51. The Balaban J connectivity index is 2.20. The van der Waals surface area contributed by atoms with E-state index in [0.717, 1.165) is 5.56 Å². The summed E-state index contributed by atoms with van der Waals surface area (Å²) >= 11 is 6.17. The molecule has 1 aromatic heterocycles. The Morgan fingerprint density at radius 3 is 2.45 bits per heavy atom. The van der Waals surface area contributed by atoms with Gasteiger partial charge in [-0.2, -0.15) is 0 Å². The highest BCUT2D eigenvalue weighted by Gasteiger charge is 2.19. The first-order chi connectivity index (χ1) is 9.66. The van der Waals surface area contributed by atoms with Crippen LogP contribution in [0.5, 0.6) is 0 Å². The lowest BCUT2D eigenvalue weighted by Gasteiger charge is -2.04. The van der Waals surface area contributed by atoms with E-state index >= 15 is 0 Å². The van der Waals surface area contributed by atoms with Crippen molar-refractivity contribution < 1.29 is 8.91 Å². The van der Waals surface area contributed by atoms with Crippen LogP contribution in [0.15, 0.2) is 53.1 Å². The van der Waals surface area contributed by atoms with Crippen LogP contribution in [0.4, 0.5) is 10.3 Å². The molecule has 0 amide bonds. The van der Waals surface area contributed by atoms with Gasteiger partial charge in [-0.25, -0.2) is 4.39 Å². The van der Waals surface area contributed by atoms with Gasteiger partial charge in [0.2, 0.25) is 5.88 Å². The molecular formula is C15H10ClFN2O. The molecule has 0 saturated heterocycles. The van der Waals surface area contributed by atoms with Crippen LogP contribution in [-0.2, 0) is 0 Å². The number of anilines is 1. The maximum absolute atomic E-state index is 13.0. The molecule has 0 spiro atoms. The smallest absolute Gasteiger partial charge is 0.230 e. The van der Waals surface area contributed by atoms with Crippen molar-refractivity contribution in [2.45, 2.75) is 0 Å². The maximum Gasteiger partial charge on any atom is 0.230 e. The van der Waals surface area contributed by atoms with Crippen LogP contribution in [0.3, 0.4) is 0 Å². The van der Waals surface area contributed by atoms with Crippen LogP contribution in [0, 0.1) is 5.82 Å². The van der Waals surface area contributed by atoms with Gasteiger partial charge in [-0.1, -0.05) is 47.1 Å². The van der Waals surface area contributed by atoms with Crippen LogP contribution < -0.4 is 5.73 Å². The Hall–Kier alpha value is -2.33. The van der Waals surface area contributed by atoms with E-state index in [1.807, 2.05) is 18.2 Å². The molecule has 0 bridgehead atoms. The summed E-state index contributed by atoms with van der Waals surface area (Å²) in [4.78, 5) is 0. The first kappa shape index (κ1) is 12.7. The first-order valence-electron chi connectivity index (χ1n) is 5.93. The highest BCUT2D eigenvalue weighted by molar-refractivity contribution is 6.33. The lowest BCUT2D eigenvalue weighted by atomic mass is 10.0. The monoisotopic (exact) mass is 288 g/mol. The molecule has 0 saturated carbocycles. The molecule has 0 aliphatic carbocycles. The third kappa shape index (κ3) is 2.14. The summed E-state index contributed by atoms with van der Waals surface area (Å²) in [7, 11) is 0. The number of nitrogens with zero attached hydrogens (tertiary/aromatic N) is 1. The van der Waals surface area contributed by atoms with E-state index in [1.54, 1.807) is 18.2 Å². The molecule has 0 fully saturated rings. The van der Waals surface area contributed by atoms with Crippen molar-refractivity contribution in [3.8, 4) is 22.4 Å². The van der Waals surface area contributed by atoms with Gasteiger partial charge >= 0.3 is 0 Å². The molecule has 5 heteroatoms. The first-order valence-corrected chi connectivity index (χ1v) is 6.30. The topological polar surface area (TPSA) is 52.0 Å². The molecule has 2 N–H and O–H groups in total. The number of nitrogen functional groups attached to an aromatic ring is 1. The minimum atomic E-state index is -0.317. The summed E-state index contributed by atoms with van der Waals surface area (Å²) < 4.78 is 18.1. The van der Waals surface area contributed by atoms with Crippen LogP contribution in [-0.4, -0.2) is 5.16 Å². The van der Waals surface area contributed by atoms with Gasteiger partial charge in [0.25, 0.3) is 0 Å². The SMILES string of the molecule is Nc1onc(-c2ccccc2Cl)c1-c1ccc(F)cc1. The van der Waals surface area contributed by atoms with Crippen molar-refractivity contribution in [1.29, 1.82) is 0 Å². The van der Waals surface area contributed by atoms with Gasteiger partial charge in [-0.15, -0.1) is 0 Å². The fourth-order valence-corrected chi connectivity index (χ4v) is 2.26. The van der Waals surface area contributed by atoms with Crippen LogP contribution >= 0.6 is 11.6 Å². The lowest BCUT2D eigenvalue weighted by Crippen LogP contribution is -1.88. The Morgan fingerprint density at radius 2 is 1.75 bits per heavy atom. The molecule has 3 rings (SSSR count). The van der Waals surface area contributed by atoms with E-state index in [0.29, 0.717) is 21.8 Å².